The molecule has 1 heterocycles. The van der Waals surface area contributed by atoms with Crippen molar-refractivity contribution in [1.29, 1.82) is 0 Å². The first kappa shape index (κ1) is 26.5. The van der Waals surface area contributed by atoms with Gasteiger partial charge in [-0.05, 0) is 114 Å². The summed E-state index contributed by atoms with van der Waals surface area (Å²) in [6.07, 6.45) is 10.0. The lowest BCUT2D eigenvalue weighted by atomic mass is 9.83. The Hall–Kier alpha value is -0.780. The quantitative estimate of drug-likeness (QED) is 0.429. The van der Waals surface area contributed by atoms with Gasteiger partial charge < -0.3 is 14.5 Å². The van der Waals surface area contributed by atoms with Crippen molar-refractivity contribution in [2.45, 2.75) is 71.3 Å². The molecule has 0 atom stereocenters. The fourth-order valence-electron chi connectivity index (χ4n) is 5.41. The van der Waals surface area contributed by atoms with E-state index in [1.807, 2.05) is 6.07 Å². The second kappa shape index (κ2) is 13.1. The zero-order chi connectivity index (χ0) is 21.5. The van der Waals surface area contributed by atoms with E-state index in [2.05, 4.69) is 44.8 Å². The van der Waals surface area contributed by atoms with E-state index in [-0.39, 0.29) is 18.3 Å². The van der Waals surface area contributed by atoms with Crippen LogP contribution in [0.3, 0.4) is 0 Å². The molecule has 1 aromatic rings. The average Bonchev–Trinajstić information content (AvgIpc) is 2.76. The van der Waals surface area contributed by atoms with Crippen molar-refractivity contribution < 1.29 is 9.53 Å². The summed E-state index contributed by atoms with van der Waals surface area (Å²) in [7, 11) is 1.74. The summed E-state index contributed by atoms with van der Waals surface area (Å²) in [6.45, 7) is 8.38. The number of methoxy groups -OCH3 is 1. The van der Waals surface area contributed by atoms with E-state index < -0.39 is 0 Å². The third kappa shape index (κ3) is 7.64. The second-order valence-corrected chi connectivity index (χ2v) is 10.1. The number of amides is 1. The number of likely N-dealkylation sites (tertiary alicyclic amines) is 1. The second-order valence-electron chi connectivity index (χ2n) is 9.21. The Kier molecular flexibility index (Phi) is 11.1. The standard InChI is InChI=1S/C25H39BrN2O2.ClH/c1-4-28(19(2)29)23-7-5-20(6-8-23)11-14-27-15-12-21(13-16-27)17-22-18-24(30-3)9-10-25(22)26;/h9-10,18,20-21,23H,4-8,11-17H2,1-3H3;1H/t20-,23-;. The van der Waals surface area contributed by atoms with Gasteiger partial charge in [-0.15, -0.1) is 12.4 Å². The van der Waals surface area contributed by atoms with Gasteiger partial charge in [-0.25, -0.2) is 0 Å². The van der Waals surface area contributed by atoms with Crippen LogP contribution < -0.4 is 4.74 Å². The van der Waals surface area contributed by atoms with Gasteiger partial charge in [0.25, 0.3) is 0 Å². The van der Waals surface area contributed by atoms with Crippen LogP contribution in [0.2, 0.25) is 0 Å². The smallest absolute Gasteiger partial charge is 0.219 e. The number of piperidine rings is 1. The maximum atomic E-state index is 11.8. The topological polar surface area (TPSA) is 32.8 Å². The van der Waals surface area contributed by atoms with Crippen LogP contribution in [-0.2, 0) is 11.2 Å². The molecule has 0 aromatic heterocycles. The first-order valence-electron chi connectivity index (χ1n) is 11.8. The molecule has 0 N–H and O–H groups in total. The maximum absolute atomic E-state index is 11.8. The highest BCUT2D eigenvalue weighted by atomic mass is 79.9. The van der Waals surface area contributed by atoms with Crippen LogP contribution in [0.15, 0.2) is 22.7 Å². The third-order valence-corrected chi connectivity index (χ3v) is 8.10. The zero-order valence-electron chi connectivity index (χ0n) is 19.4. The summed E-state index contributed by atoms with van der Waals surface area (Å²) in [4.78, 5) is 16.5. The molecule has 0 unspecified atom stereocenters. The van der Waals surface area contributed by atoms with Gasteiger partial charge in [-0.1, -0.05) is 15.9 Å². The zero-order valence-corrected chi connectivity index (χ0v) is 21.8. The molecule has 0 radical (unpaired) electrons. The summed E-state index contributed by atoms with van der Waals surface area (Å²) in [5, 5.41) is 0. The fraction of sp³-hybridized carbons (Fsp3) is 0.720. The first-order valence-corrected chi connectivity index (χ1v) is 12.6. The largest absolute Gasteiger partial charge is 0.497 e. The van der Waals surface area contributed by atoms with Crippen LogP contribution in [-0.4, -0.2) is 55.0 Å². The van der Waals surface area contributed by atoms with Gasteiger partial charge in [0.15, 0.2) is 0 Å². The van der Waals surface area contributed by atoms with Crippen molar-refractivity contribution in [1.82, 2.24) is 9.80 Å². The summed E-state index contributed by atoms with van der Waals surface area (Å²) in [6, 6.07) is 6.78. The molecule has 1 amide bonds. The molecule has 176 valence electrons. The number of benzene rings is 1. The van der Waals surface area contributed by atoms with Crippen LogP contribution in [0.25, 0.3) is 0 Å². The van der Waals surface area contributed by atoms with E-state index in [0.717, 1.165) is 30.6 Å². The molecule has 1 aliphatic carbocycles. The monoisotopic (exact) mass is 514 g/mol. The molecule has 31 heavy (non-hydrogen) atoms. The molecule has 2 fully saturated rings. The molecule has 1 saturated carbocycles. The van der Waals surface area contributed by atoms with Crippen molar-refractivity contribution in [3.63, 3.8) is 0 Å². The molecule has 1 aromatic carbocycles. The predicted octanol–water partition coefficient (Wildman–Crippen LogP) is 5.95. The number of carbonyl (C=O) groups is 1. The molecular weight excluding hydrogens is 476 g/mol. The Labute approximate surface area is 203 Å². The number of hydrogen-bond donors (Lipinski definition) is 0. The Morgan fingerprint density at radius 2 is 1.81 bits per heavy atom. The molecule has 3 rings (SSSR count). The van der Waals surface area contributed by atoms with Gasteiger partial charge in [-0.3, -0.25) is 4.79 Å². The number of carbonyl (C=O) groups excluding carboxylic acids is 1. The SMILES string of the molecule is CCN(C(C)=O)[C@H]1CC[C@H](CCN2CCC(Cc3cc(OC)ccc3Br)CC2)CC1.Cl. The van der Waals surface area contributed by atoms with Crippen molar-refractivity contribution in [3.8, 4) is 5.75 Å². The van der Waals surface area contributed by atoms with Gasteiger partial charge in [0.1, 0.15) is 5.75 Å². The summed E-state index contributed by atoms with van der Waals surface area (Å²) >= 11 is 3.71. The third-order valence-electron chi connectivity index (χ3n) is 7.32. The van der Waals surface area contributed by atoms with Gasteiger partial charge in [0.2, 0.25) is 5.91 Å². The van der Waals surface area contributed by atoms with Crippen molar-refractivity contribution in [3.05, 3.63) is 28.2 Å². The average molecular weight is 516 g/mol. The highest BCUT2D eigenvalue weighted by Gasteiger charge is 2.27. The van der Waals surface area contributed by atoms with E-state index in [9.17, 15) is 4.79 Å². The molecule has 6 heteroatoms. The van der Waals surface area contributed by atoms with Gasteiger partial charge >= 0.3 is 0 Å². The van der Waals surface area contributed by atoms with Crippen LogP contribution in [0.5, 0.6) is 5.75 Å². The normalized spacial score (nSPS) is 22.6. The number of hydrogen-bond acceptors (Lipinski definition) is 3. The van der Waals surface area contributed by atoms with Gasteiger partial charge in [0.05, 0.1) is 7.11 Å². The first-order chi connectivity index (χ1) is 14.5. The maximum Gasteiger partial charge on any atom is 0.219 e. The van der Waals surface area contributed by atoms with Crippen molar-refractivity contribution in [2.24, 2.45) is 11.8 Å². The molecule has 1 saturated heterocycles. The van der Waals surface area contributed by atoms with Crippen LogP contribution in [0.4, 0.5) is 0 Å². The van der Waals surface area contributed by atoms with Crippen LogP contribution >= 0.6 is 28.3 Å². The van der Waals surface area contributed by atoms with E-state index in [1.54, 1.807) is 14.0 Å². The minimum Gasteiger partial charge on any atom is -0.497 e. The van der Waals surface area contributed by atoms with Gasteiger partial charge in [-0.2, -0.15) is 0 Å². The predicted molar refractivity (Wildman–Crippen MR) is 134 cm³/mol. The Bertz CT molecular complexity index is 686. The fourth-order valence-corrected chi connectivity index (χ4v) is 5.82. The molecule has 2 aliphatic rings. The minimum absolute atomic E-state index is 0. The van der Waals surface area contributed by atoms with E-state index in [4.69, 9.17) is 4.74 Å². The minimum atomic E-state index is 0. The Balaban J connectivity index is 0.00000341. The van der Waals surface area contributed by atoms with Crippen LogP contribution in [0.1, 0.15) is 64.4 Å². The lowest BCUT2D eigenvalue weighted by Crippen LogP contribution is -2.41. The summed E-state index contributed by atoms with van der Waals surface area (Å²) < 4.78 is 6.60. The molecular formula is C25H40BrClN2O2. The van der Waals surface area contributed by atoms with E-state index >= 15 is 0 Å². The number of halogens is 2. The number of ether oxygens (including phenoxy) is 1. The Morgan fingerprint density at radius 3 is 2.39 bits per heavy atom. The summed E-state index contributed by atoms with van der Waals surface area (Å²) in [5.74, 6) is 2.81. The lowest BCUT2D eigenvalue weighted by Gasteiger charge is -2.37. The van der Waals surface area contributed by atoms with E-state index in [0.29, 0.717) is 6.04 Å². The molecule has 0 spiro atoms. The Morgan fingerprint density at radius 1 is 1.13 bits per heavy atom. The van der Waals surface area contributed by atoms with Crippen molar-refractivity contribution in [2.75, 3.05) is 33.3 Å². The molecule has 4 nitrogen and oxygen atoms in total. The van der Waals surface area contributed by atoms with Crippen molar-refractivity contribution >= 4 is 34.2 Å². The highest BCUT2D eigenvalue weighted by Crippen LogP contribution is 2.31. The lowest BCUT2D eigenvalue weighted by molar-refractivity contribution is -0.131. The molecule has 1 aliphatic heterocycles. The number of nitrogens with zero attached hydrogens (tertiary/aromatic N) is 2. The molecule has 0 bridgehead atoms. The van der Waals surface area contributed by atoms with Gasteiger partial charge in [0, 0.05) is 24.0 Å². The summed E-state index contributed by atoms with van der Waals surface area (Å²) in [5.41, 5.74) is 1.37. The highest BCUT2D eigenvalue weighted by molar-refractivity contribution is 9.10. The van der Waals surface area contributed by atoms with Crippen LogP contribution in [0, 0.1) is 11.8 Å². The van der Waals surface area contributed by atoms with E-state index in [1.165, 1.54) is 74.6 Å². The number of rotatable bonds is 8.